The highest BCUT2D eigenvalue weighted by Crippen LogP contribution is 2.36. The Kier molecular flexibility index (Phi) is 7.99. The minimum absolute atomic E-state index is 0.0568. The van der Waals surface area contributed by atoms with Crippen LogP contribution in [0.4, 0.5) is 0 Å². The van der Waals surface area contributed by atoms with Crippen molar-refractivity contribution in [1.82, 2.24) is 4.57 Å². The summed E-state index contributed by atoms with van der Waals surface area (Å²) in [6, 6.07) is 16.4. The molecular formula is C32H32N2O6S. The molecule has 1 aromatic heterocycles. The third-order valence-electron chi connectivity index (χ3n) is 6.81. The first-order valence-corrected chi connectivity index (χ1v) is 14.2. The van der Waals surface area contributed by atoms with Crippen molar-refractivity contribution in [3.63, 3.8) is 0 Å². The topological polar surface area (TPSA) is 88.4 Å². The summed E-state index contributed by atoms with van der Waals surface area (Å²) in [7, 11) is 3.20. The molecule has 1 aliphatic rings. The highest BCUT2D eigenvalue weighted by atomic mass is 32.1. The van der Waals surface area contributed by atoms with Crippen LogP contribution in [0.25, 0.3) is 16.8 Å². The molecule has 5 rings (SSSR count). The van der Waals surface area contributed by atoms with E-state index in [0.29, 0.717) is 37.7 Å². The van der Waals surface area contributed by atoms with Gasteiger partial charge >= 0.3 is 5.97 Å². The zero-order chi connectivity index (χ0) is 29.3. The predicted octanol–water partition coefficient (Wildman–Crippen LogP) is 4.76. The lowest BCUT2D eigenvalue weighted by Gasteiger charge is -2.25. The molecule has 8 nitrogen and oxygen atoms in total. The van der Waals surface area contributed by atoms with Crippen molar-refractivity contribution < 1.29 is 23.7 Å². The van der Waals surface area contributed by atoms with Crippen molar-refractivity contribution in [2.75, 3.05) is 20.8 Å². The van der Waals surface area contributed by atoms with Crippen LogP contribution in [0.15, 0.2) is 75.7 Å². The number of fused-ring (bicyclic) bond motifs is 2. The van der Waals surface area contributed by atoms with Gasteiger partial charge in [0.25, 0.3) is 5.56 Å². The predicted molar refractivity (Wildman–Crippen MR) is 160 cm³/mol. The molecule has 212 valence electrons. The van der Waals surface area contributed by atoms with Gasteiger partial charge in [-0.1, -0.05) is 47.7 Å². The lowest BCUT2D eigenvalue weighted by atomic mass is 9.95. The number of carbonyl (C=O) groups excluding carboxylic acids is 1. The Balaban J connectivity index is 1.73. The van der Waals surface area contributed by atoms with Gasteiger partial charge in [-0.3, -0.25) is 9.36 Å². The average molecular weight is 573 g/mol. The van der Waals surface area contributed by atoms with Gasteiger partial charge in [0.15, 0.2) is 16.3 Å². The van der Waals surface area contributed by atoms with Crippen LogP contribution >= 0.6 is 11.3 Å². The monoisotopic (exact) mass is 572 g/mol. The van der Waals surface area contributed by atoms with Crippen LogP contribution in [0.5, 0.6) is 17.2 Å². The molecular weight excluding hydrogens is 540 g/mol. The molecule has 41 heavy (non-hydrogen) atoms. The Hall–Kier alpha value is -4.37. The molecule has 0 aliphatic carbocycles. The van der Waals surface area contributed by atoms with Gasteiger partial charge < -0.3 is 18.9 Å². The molecule has 0 fully saturated rings. The van der Waals surface area contributed by atoms with Crippen molar-refractivity contribution in [2.24, 2.45) is 4.99 Å². The van der Waals surface area contributed by atoms with E-state index in [1.165, 1.54) is 11.3 Å². The summed E-state index contributed by atoms with van der Waals surface area (Å²) in [5, 5.41) is 1.91. The molecule has 0 N–H and O–H groups in total. The Morgan fingerprint density at radius 3 is 2.41 bits per heavy atom. The van der Waals surface area contributed by atoms with Crippen molar-refractivity contribution in [3.05, 3.63) is 96.7 Å². The number of nitrogens with zero attached hydrogens (tertiary/aromatic N) is 2. The molecule has 1 atom stereocenters. The van der Waals surface area contributed by atoms with E-state index in [-0.39, 0.29) is 18.3 Å². The maximum atomic E-state index is 14.1. The summed E-state index contributed by atoms with van der Waals surface area (Å²) in [5.74, 6) is 1.31. The number of hydrogen-bond donors (Lipinski definition) is 0. The Labute approximate surface area is 241 Å². The quantitative estimate of drug-likeness (QED) is 0.283. The summed E-state index contributed by atoms with van der Waals surface area (Å²) in [4.78, 5) is 32.5. The SMILES string of the molecule is CCOC(=O)C1=C(C)N=c2sc(=Cc3ccc(OC)c4ccccc34)c(=O)n2C1c1ccc(OC(C)C)c(OC)c1. The number of ether oxygens (including phenoxy) is 4. The van der Waals surface area contributed by atoms with Crippen LogP contribution in [0, 0.1) is 0 Å². The number of hydrogen-bond acceptors (Lipinski definition) is 8. The lowest BCUT2D eigenvalue weighted by Crippen LogP contribution is -2.40. The van der Waals surface area contributed by atoms with E-state index in [1.807, 2.05) is 62.4 Å². The van der Waals surface area contributed by atoms with Gasteiger partial charge in [-0.05, 0) is 68.5 Å². The first-order valence-electron chi connectivity index (χ1n) is 13.4. The Morgan fingerprint density at radius 1 is 1.02 bits per heavy atom. The van der Waals surface area contributed by atoms with Crippen molar-refractivity contribution >= 4 is 34.2 Å². The molecule has 4 aromatic rings. The maximum absolute atomic E-state index is 14.1. The first-order chi connectivity index (χ1) is 19.8. The first kappa shape index (κ1) is 28.2. The van der Waals surface area contributed by atoms with Crippen molar-refractivity contribution in [3.8, 4) is 17.2 Å². The summed E-state index contributed by atoms with van der Waals surface area (Å²) < 4.78 is 24.6. The Bertz CT molecular complexity index is 1850. The number of allylic oxidation sites excluding steroid dienone is 1. The van der Waals surface area contributed by atoms with Crippen LogP contribution in [0.3, 0.4) is 0 Å². The van der Waals surface area contributed by atoms with E-state index in [9.17, 15) is 9.59 Å². The van der Waals surface area contributed by atoms with E-state index in [2.05, 4.69) is 4.99 Å². The van der Waals surface area contributed by atoms with Gasteiger partial charge in [0, 0.05) is 5.39 Å². The van der Waals surface area contributed by atoms with Gasteiger partial charge in [-0.2, -0.15) is 0 Å². The number of thiazole rings is 1. The third kappa shape index (κ3) is 5.25. The summed E-state index contributed by atoms with van der Waals surface area (Å²) in [6.45, 7) is 7.57. The normalized spacial score (nSPS) is 15.1. The van der Waals surface area contributed by atoms with E-state index >= 15 is 0 Å². The number of rotatable bonds is 8. The van der Waals surface area contributed by atoms with Crippen molar-refractivity contribution in [2.45, 2.75) is 39.8 Å². The molecule has 0 saturated carbocycles. The molecule has 0 bridgehead atoms. The smallest absolute Gasteiger partial charge is 0.338 e. The van der Waals surface area contributed by atoms with Crippen molar-refractivity contribution in [1.29, 1.82) is 0 Å². The number of aromatic nitrogens is 1. The third-order valence-corrected chi connectivity index (χ3v) is 7.79. The average Bonchev–Trinajstić information content (AvgIpc) is 3.26. The molecule has 0 saturated heterocycles. The van der Waals surface area contributed by atoms with Gasteiger partial charge in [0.05, 0.1) is 48.8 Å². The van der Waals surface area contributed by atoms with Crippen LogP contribution in [-0.2, 0) is 9.53 Å². The molecule has 1 unspecified atom stereocenters. The maximum Gasteiger partial charge on any atom is 0.338 e. The number of benzene rings is 3. The molecule has 1 aliphatic heterocycles. The van der Waals surface area contributed by atoms with Crippen LogP contribution in [-0.4, -0.2) is 37.5 Å². The fourth-order valence-corrected chi connectivity index (χ4v) is 6.09. The number of methoxy groups -OCH3 is 2. The van der Waals surface area contributed by atoms with E-state index in [1.54, 1.807) is 44.8 Å². The van der Waals surface area contributed by atoms with E-state index in [4.69, 9.17) is 18.9 Å². The van der Waals surface area contributed by atoms with E-state index < -0.39 is 12.0 Å². The van der Waals surface area contributed by atoms with Crippen LogP contribution < -0.4 is 29.1 Å². The molecule has 0 radical (unpaired) electrons. The molecule has 0 amide bonds. The highest BCUT2D eigenvalue weighted by molar-refractivity contribution is 7.07. The number of esters is 1. The van der Waals surface area contributed by atoms with Gasteiger partial charge in [-0.25, -0.2) is 9.79 Å². The lowest BCUT2D eigenvalue weighted by molar-refractivity contribution is -0.139. The molecule has 2 heterocycles. The van der Waals surface area contributed by atoms with Gasteiger partial charge in [-0.15, -0.1) is 0 Å². The molecule has 9 heteroatoms. The minimum Gasteiger partial charge on any atom is -0.496 e. The van der Waals surface area contributed by atoms with Crippen LogP contribution in [0.2, 0.25) is 0 Å². The summed E-state index contributed by atoms with van der Waals surface area (Å²) in [5.41, 5.74) is 2.10. The largest absolute Gasteiger partial charge is 0.496 e. The fourth-order valence-electron chi connectivity index (χ4n) is 5.05. The summed E-state index contributed by atoms with van der Waals surface area (Å²) >= 11 is 1.28. The molecule has 3 aromatic carbocycles. The van der Waals surface area contributed by atoms with Crippen LogP contribution in [0.1, 0.15) is 44.9 Å². The second kappa shape index (κ2) is 11.6. The zero-order valence-corrected chi connectivity index (χ0v) is 24.7. The standard InChI is InChI=1S/C32H32N2O6S/c1-7-39-31(36)28-19(4)33-32-34(29(28)21-13-15-25(40-18(2)3)26(16-21)38-6)30(35)27(41-32)17-20-12-14-24(37-5)23-11-9-8-10-22(20)23/h8-18,29H,7H2,1-6H3. The van der Waals surface area contributed by atoms with Gasteiger partial charge in [0.2, 0.25) is 0 Å². The molecule has 0 spiro atoms. The fraction of sp³-hybridized carbons (Fsp3) is 0.281. The Morgan fingerprint density at radius 2 is 1.73 bits per heavy atom. The van der Waals surface area contributed by atoms with E-state index in [0.717, 1.165) is 22.1 Å². The zero-order valence-electron chi connectivity index (χ0n) is 23.9. The minimum atomic E-state index is -0.762. The van der Waals surface area contributed by atoms with Gasteiger partial charge in [0.1, 0.15) is 5.75 Å². The summed E-state index contributed by atoms with van der Waals surface area (Å²) in [6.07, 6.45) is 1.81. The second-order valence-corrected chi connectivity index (χ2v) is 10.8. The second-order valence-electron chi connectivity index (χ2n) is 9.78. The highest BCUT2D eigenvalue weighted by Gasteiger charge is 2.34. The number of carbonyl (C=O) groups is 1.